The van der Waals surface area contributed by atoms with E-state index in [-0.39, 0.29) is 18.1 Å². The van der Waals surface area contributed by atoms with E-state index < -0.39 is 0 Å². The number of methoxy groups -OCH3 is 1. The van der Waals surface area contributed by atoms with Crippen molar-refractivity contribution < 1.29 is 13.9 Å². The molecule has 1 aliphatic heterocycles. The van der Waals surface area contributed by atoms with Crippen molar-refractivity contribution in [2.24, 2.45) is 0 Å². The maximum atomic E-state index is 12.4. The Morgan fingerprint density at radius 1 is 1.33 bits per heavy atom. The Balaban J connectivity index is 1.74. The second-order valence-corrected chi connectivity index (χ2v) is 5.11. The van der Waals surface area contributed by atoms with Gasteiger partial charge in [-0.2, -0.15) is 0 Å². The highest BCUT2D eigenvalue weighted by Crippen LogP contribution is 2.20. The molecule has 110 valence electrons. The van der Waals surface area contributed by atoms with Crippen LogP contribution in [0.5, 0.6) is 0 Å². The monoisotopic (exact) mass is 286 g/mol. The molecular weight excluding hydrogens is 268 g/mol. The fourth-order valence-corrected chi connectivity index (χ4v) is 2.57. The van der Waals surface area contributed by atoms with Gasteiger partial charge in [-0.25, -0.2) is 0 Å². The third-order valence-corrected chi connectivity index (χ3v) is 3.76. The lowest BCUT2D eigenvalue weighted by Crippen LogP contribution is -2.43. The Bertz CT molecular complexity index is 610. The first-order valence-corrected chi connectivity index (χ1v) is 6.95. The van der Waals surface area contributed by atoms with Gasteiger partial charge in [0, 0.05) is 31.3 Å². The molecule has 3 rings (SSSR count). The Labute approximate surface area is 123 Å². The largest absolute Gasteiger partial charge is 0.472 e. The van der Waals surface area contributed by atoms with Crippen molar-refractivity contribution in [3.8, 4) is 11.1 Å². The molecule has 2 N–H and O–H groups in total. The number of ether oxygens (including phenoxy) is 1. The van der Waals surface area contributed by atoms with Crippen molar-refractivity contribution in [2.75, 3.05) is 20.2 Å². The van der Waals surface area contributed by atoms with Crippen LogP contribution in [0.4, 0.5) is 0 Å². The van der Waals surface area contributed by atoms with Gasteiger partial charge in [0.2, 0.25) is 0 Å². The van der Waals surface area contributed by atoms with Crippen LogP contribution in [0.1, 0.15) is 10.4 Å². The molecule has 1 saturated heterocycles. The number of carbonyl (C=O) groups is 1. The summed E-state index contributed by atoms with van der Waals surface area (Å²) in [5, 5.41) is 6.23. The van der Waals surface area contributed by atoms with Gasteiger partial charge in [0.15, 0.2) is 0 Å². The molecule has 2 aromatic rings. The lowest BCUT2D eigenvalue weighted by atomic mass is 10.1. The van der Waals surface area contributed by atoms with Crippen LogP contribution in [-0.4, -0.2) is 38.3 Å². The summed E-state index contributed by atoms with van der Waals surface area (Å²) >= 11 is 0. The molecule has 5 heteroatoms. The summed E-state index contributed by atoms with van der Waals surface area (Å²) in [7, 11) is 1.66. The molecule has 2 atom stereocenters. The van der Waals surface area contributed by atoms with E-state index in [1.54, 1.807) is 19.6 Å². The van der Waals surface area contributed by atoms with Crippen LogP contribution in [0.25, 0.3) is 11.1 Å². The Kier molecular flexibility index (Phi) is 4.03. The van der Waals surface area contributed by atoms with Crippen LogP contribution in [-0.2, 0) is 4.74 Å². The van der Waals surface area contributed by atoms with Gasteiger partial charge in [-0.3, -0.25) is 4.79 Å². The third kappa shape index (κ3) is 2.99. The smallest absolute Gasteiger partial charge is 0.251 e. The molecule has 0 unspecified atom stereocenters. The summed E-state index contributed by atoms with van der Waals surface area (Å²) in [6, 6.07) is 9.38. The SMILES string of the molecule is CO[C@H]1CNC[C@@H]1NC(=O)c1cccc(-c2ccoc2)c1. The molecule has 1 amide bonds. The van der Waals surface area contributed by atoms with E-state index >= 15 is 0 Å². The van der Waals surface area contributed by atoms with Gasteiger partial charge in [0.25, 0.3) is 5.91 Å². The maximum Gasteiger partial charge on any atom is 0.251 e. The molecule has 21 heavy (non-hydrogen) atoms. The number of nitrogens with one attached hydrogen (secondary N) is 2. The molecule has 2 heterocycles. The Hall–Kier alpha value is -2.11. The molecule has 0 spiro atoms. The average molecular weight is 286 g/mol. The van der Waals surface area contributed by atoms with E-state index in [2.05, 4.69) is 10.6 Å². The number of furan rings is 1. The number of rotatable bonds is 4. The van der Waals surface area contributed by atoms with Gasteiger partial charge in [-0.1, -0.05) is 12.1 Å². The number of hydrogen-bond acceptors (Lipinski definition) is 4. The van der Waals surface area contributed by atoms with E-state index in [0.29, 0.717) is 5.56 Å². The fraction of sp³-hybridized carbons (Fsp3) is 0.312. The minimum atomic E-state index is -0.0869. The van der Waals surface area contributed by atoms with Crippen LogP contribution in [0.15, 0.2) is 47.3 Å². The Morgan fingerprint density at radius 3 is 3.00 bits per heavy atom. The highest BCUT2D eigenvalue weighted by atomic mass is 16.5. The normalized spacial score (nSPS) is 21.4. The van der Waals surface area contributed by atoms with Gasteiger partial charge in [-0.15, -0.1) is 0 Å². The summed E-state index contributed by atoms with van der Waals surface area (Å²) in [5.41, 5.74) is 2.56. The van der Waals surface area contributed by atoms with Crippen molar-refractivity contribution >= 4 is 5.91 Å². The van der Waals surface area contributed by atoms with Crippen LogP contribution in [0.3, 0.4) is 0 Å². The first-order valence-electron chi connectivity index (χ1n) is 6.95. The zero-order valence-electron chi connectivity index (χ0n) is 11.8. The summed E-state index contributed by atoms with van der Waals surface area (Å²) in [5.74, 6) is -0.0869. The number of hydrogen-bond donors (Lipinski definition) is 2. The summed E-state index contributed by atoms with van der Waals surface area (Å²) in [6.45, 7) is 1.49. The molecule has 1 aromatic heterocycles. The third-order valence-electron chi connectivity index (χ3n) is 3.76. The summed E-state index contributed by atoms with van der Waals surface area (Å²) in [6.07, 6.45) is 3.31. The second kappa shape index (κ2) is 6.11. The van der Waals surface area contributed by atoms with Crippen LogP contribution in [0, 0.1) is 0 Å². The lowest BCUT2D eigenvalue weighted by Gasteiger charge is -2.18. The van der Waals surface area contributed by atoms with Crippen LogP contribution < -0.4 is 10.6 Å². The van der Waals surface area contributed by atoms with E-state index in [1.807, 2.05) is 30.3 Å². The van der Waals surface area contributed by atoms with E-state index in [9.17, 15) is 4.79 Å². The molecule has 0 bridgehead atoms. The lowest BCUT2D eigenvalue weighted by molar-refractivity contribution is 0.0780. The molecule has 0 saturated carbocycles. The molecule has 0 aliphatic carbocycles. The summed E-state index contributed by atoms with van der Waals surface area (Å²) < 4.78 is 10.4. The first-order chi connectivity index (χ1) is 10.3. The minimum Gasteiger partial charge on any atom is -0.472 e. The standard InChI is InChI=1S/C16H18N2O3/c1-20-15-9-17-8-14(15)18-16(19)12-4-2-3-11(7-12)13-5-6-21-10-13/h2-7,10,14-15,17H,8-9H2,1H3,(H,18,19)/t14-,15-/m0/s1. The van der Waals surface area contributed by atoms with Crippen molar-refractivity contribution in [3.63, 3.8) is 0 Å². The number of carbonyl (C=O) groups excluding carboxylic acids is 1. The van der Waals surface area contributed by atoms with Gasteiger partial charge >= 0.3 is 0 Å². The highest BCUT2D eigenvalue weighted by Gasteiger charge is 2.28. The average Bonchev–Trinajstić information content (AvgIpc) is 3.18. The highest BCUT2D eigenvalue weighted by molar-refractivity contribution is 5.95. The maximum absolute atomic E-state index is 12.4. The number of benzene rings is 1. The second-order valence-electron chi connectivity index (χ2n) is 5.11. The van der Waals surface area contributed by atoms with Crippen molar-refractivity contribution in [2.45, 2.75) is 12.1 Å². The van der Waals surface area contributed by atoms with Gasteiger partial charge < -0.3 is 19.8 Å². The van der Waals surface area contributed by atoms with E-state index in [0.717, 1.165) is 24.2 Å². The molecule has 5 nitrogen and oxygen atoms in total. The molecule has 1 aromatic carbocycles. The quantitative estimate of drug-likeness (QED) is 0.897. The van der Waals surface area contributed by atoms with Crippen molar-refractivity contribution in [3.05, 3.63) is 48.4 Å². The summed E-state index contributed by atoms with van der Waals surface area (Å²) in [4.78, 5) is 12.4. The molecular formula is C16H18N2O3. The minimum absolute atomic E-state index is 0.0000754. The topological polar surface area (TPSA) is 63.5 Å². The van der Waals surface area contributed by atoms with Crippen LogP contribution in [0.2, 0.25) is 0 Å². The zero-order chi connectivity index (χ0) is 14.7. The molecule has 1 fully saturated rings. The zero-order valence-corrected chi connectivity index (χ0v) is 11.8. The predicted molar refractivity (Wildman–Crippen MR) is 79.1 cm³/mol. The molecule has 0 radical (unpaired) electrons. The van der Waals surface area contributed by atoms with Gasteiger partial charge in [0.1, 0.15) is 0 Å². The predicted octanol–water partition coefficient (Wildman–Crippen LogP) is 1.66. The van der Waals surface area contributed by atoms with E-state index in [1.165, 1.54) is 0 Å². The van der Waals surface area contributed by atoms with Crippen molar-refractivity contribution in [1.29, 1.82) is 0 Å². The molecule has 1 aliphatic rings. The Morgan fingerprint density at radius 2 is 2.24 bits per heavy atom. The fourth-order valence-electron chi connectivity index (χ4n) is 2.57. The van der Waals surface area contributed by atoms with Crippen molar-refractivity contribution in [1.82, 2.24) is 10.6 Å². The van der Waals surface area contributed by atoms with Gasteiger partial charge in [0.05, 0.1) is 24.7 Å². The van der Waals surface area contributed by atoms with Crippen LogP contribution >= 0.6 is 0 Å². The number of amides is 1. The van der Waals surface area contributed by atoms with E-state index in [4.69, 9.17) is 9.15 Å². The first kappa shape index (κ1) is 13.9. The van der Waals surface area contributed by atoms with Gasteiger partial charge in [-0.05, 0) is 23.8 Å².